The number of carbonyl (C=O) groups excluding carboxylic acids is 3. The molecule has 2 amide bonds. The second-order valence-corrected chi connectivity index (χ2v) is 5.60. The summed E-state index contributed by atoms with van der Waals surface area (Å²) in [6.45, 7) is 3.33. The van der Waals surface area contributed by atoms with E-state index in [4.69, 9.17) is 9.47 Å². The smallest absolute Gasteiger partial charge is 0.338 e. The molecule has 7 nitrogen and oxygen atoms in total. The highest BCUT2D eigenvalue weighted by atomic mass is 19.1. The molecule has 0 aromatic heterocycles. The molecule has 1 aliphatic heterocycles. The lowest BCUT2D eigenvalue weighted by atomic mass is 10.0. The Morgan fingerprint density at radius 1 is 1.19 bits per heavy atom. The first-order chi connectivity index (χ1) is 12.5. The lowest BCUT2D eigenvalue weighted by Crippen LogP contribution is -2.51. The second kappa shape index (κ2) is 8.98. The van der Waals surface area contributed by atoms with Gasteiger partial charge in [0.2, 0.25) is 0 Å². The first kappa shape index (κ1) is 19.4. The van der Waals surface area contributed by atoms with Gasteiger partial charge < -0.3 is 20.1 Å². The Hall–Kier alpha value is -2.90. The van der Waals surface area contributed by atoms with E-state index in [-0.39, 0.29) is 36.5 Å². The average Bonchev–Trinajstić information content (AvgIpc) is 2.61. The van der Waals surface area contributed by atoms with E-state index < -0.39 is 29.8 Å². The molecule has 1 aromatic carbocycles. The Labute approximate surface area is 150 Å². The molecule has 1 aliphatic rings. The Balaban J connectivity index is 2.12. The SMILES string of the molecule is CCOC(=O)C1=C(COC(=O)Cc2ccccc2F)NC(=O)N[C@@H]1CC. The van der Waals surface area contributed by atoms with Gasteiger partial charge in [0.15, 0.2) is 0 Å². The number of urea groups is 1. The highest BCUT2D eigenvalue weighted by Crippen LogP contribution is 2.17. The van der Waals surface area contributed by atoms with Crippen LogP contribution in [0.1, 0.15) is 25.8 Å². The number of benzene rings is 1. The fraction of sp³-hybridized carbons (Fsp3) is 0.389. The van der Waals surface area contributed by atoms with Gasteiger partial charge in [0.05, 0.1) is 30.3 Å². The van der Waals surface area contributed by atoms with Gasteiger partial charge in [0, 0.05) is 0 Å². The molecule has 1 atom stereocenters. The molecular formula is C18H21FN2O5. The maximum atomic E-state index is 13.6. The summed E-state index contributed by atoms with van der Waals surface area (Å²) in [7, 11) is 0. The highest BCUT2D eigenvalue weighted by molar-refractivity contribution is 5.94. The van der Waals surface area contributed by atoms with Crippen LogP contribution in [-0.2, 0) is 25.5 Å². The van der Waals surface area contributed by atoms with Crippen LogP contribution in [0.3, 0.4) is 0 Å². The summed E-state index contributed by atoms with van der Waals surface area (Å²) in [5.74, 6) is -1.77. The van der Waals surface area contributed by atoms with Gasteiger partial charge >= 0.3 is 18.0 Å². The minimum Gasteiger partial charge on any atom is -0.463 e. The molecule has 140 valence electrons. The summed E-state index contributed by atoms with van der Waals surface area (Å²) in [5.41, 5.74) is 0.589. The number of halogens is 1. The zero-order valence-corrected chi connectivity index (χ0v) is 14.6. The van der Waals surface area contributed by atoms with Crippen molar-refractivity contribution in [3.8, 4) is 0 Å². The normalized spacial score (nSPS) is 16.6. The molecule has 0 unspecified atom stereocenters. The summed E-state index contributed by atoms with van der Waals surface area (Å²) in [5, 5.41) is 5.10. The standard InChI is InChI=1S/C18H21FN2O5/c1-3-13-16(17(23)25-4-2)14(21-18(24)20-13)10-26-15(22)9-11-7-5-6-8-12(11)19/h5-8,13H,3-4,9-10H2,1-2H3,(H2,20,21,24)/t13-/m1/s1. The quantitative estimate of drug-likeness (QED) is 0.720. The van der Waals surface area contributed by atoms with Crippen LogP contribution in [0.15, 0.2) is 35.5 Å². The van der Waals surface area contributed by atoms with Gasteiger partial charge in [-0.1, -0.05) is 25.1 Å². The molecule has 0 aliphatic carbocycles. The molecule has 1 heterocycles. The number of rotatable bonds is 7. The Kier molecular flexibility index (Phi) is 6.71. The maximum absolute atomic E-state index is 13.6. The zero-order chi connectivity index (χ0) is 19.1. The van der Waals surface area contributed by atoms with E-state index >= 15 is 0 Å². The molecule has 0 bridgehead atoms. The first-order valence-corrected chi connectivity index (χ1v) is 8.32. The number of amides is 2. The van der Waals surface area contributed by atoms with Gasteiger partial charge in [-0.15, -0.1) is 0 Å². The molecule has 8 heteroatoms. The number of nitrogens with one attached hydrogen (secondary N) is 2. The van der Waals surface area contributed by atoms with Gasteiger partial charge in [-0.2, -0.15) is 0 Å². The van der Waals surface area contributed by atoms with E-state index in [0.29, 0.717) is 6.42 Å². The van der Waals surface area contributed by atoms with Crippen molar-refractivity contribution in [1.82, 2.24) is 10.6 Å². The number of esters is 2. The van der Waals surface area contributed by atoms with Crippen molar-refractivity contribution in [2.75, 3.05) is 13.2 Å². The van der Waals surface area contributed by atoms with Crippen molar-refractivity contribution < 1.29 is 28.2 Å². The van der Waals surface area contributed by atoms with E-state index in [1.807, 2.05) is 0 Å². The predicted molar refractivity (Wildman–Crippen MR) is 90.5 cm³/mol. The molecule has 26 heavy (non-hydrogen) atoms. The third-order valence-corrected chi connectivity index (χ3v) is 3.82. The minimum absolute atomic E-state index is 0.168. The van der Waals surface area contributed by atoms with Crippen LogP contribution in [0, 0.1) is 5.82 Å². The fourth-order valence-corrected chi connectivity index (χ4v) is 2.58. The second-order valence-electron chi connectivity index (χ2n) is 5.60. The van der Waals surface area contributed by atoms with Crippen LogP contribution in [0.4, 0.5) is 9.18 Å². The summed E-state index contributed by atoms with van der Waals surface area (Å²) in [6.07, 6.45) is 0.215. The average molecular weight is 364 g/mol. The number of carbonyl (C=O) groups is 3. The van der Waals surface area contributed by atoms with Crippen LogP contribution in [0.25, 0.3) is 0 Å². The monoisotopic (exact) mass is 364 g/mol. The Morgan fingerprint density at radius 2 is 1.92 bits per heavy atom. The molecule has 1 aromatic rings. The molecule has 2 rings (SSSR count). The zero-order valence-electron chi connectivity index (χ0n) is 14.6. The topological polar surface area (TPSA) is 93.7 Å². The van der Waals surface area contributed by atoms with Crippen LogP contribution in [0.5, 0.6) is 0 Å². The minimum atomic E-state index is -0.674. The van der Waals surface area contributed by atoms with Crippen LogP contribution >= 0.6 is 0 Å². The summed E-state index contributed by atoms with van der Waals surface area (Å²) in [4.78, 5) is 35.9. The third kappa shape index (κ3) is 4.81. The molecule has 0 saturated heterocycles. The lowest BCUT2D eigenvalue weighted by molar-refractivity contribution is -0.143. The number of hydrogen-bond donors (Lipinski definition) is 2. The molecule has 0 saturated carbocycles. The van der Waals surface area contributed by atoms with E-state index in [1.54, 1.807) is 19.9 Å². The summed E-state index contributed by atoms with van der Waals surface area (Å²) in [6, 6.07) is 4.85. The van der Waals surface area contributed by atoms with E-state index in [1.165, 1.54) is 18.2 Å². The molecule has 0 fully saturated rings. The lowest BCUT2D eigenvalue weighted by Gasteiger charge is -2.28. The molecule has 0 radical (unpaired) electrons. The van der Waals surface area contributed by atoms with Crippen molar-refractivity contribution in [2.45, 2.75) is 32.7 Å². The van der Waals surface area contributed by atoms with E-state index in [9.17, 15) is 18.8 Å². The Morgan fingerprint density at radius 3 is 2.58 bits per heavy atom. The highest BCUT2D eigenvalue weighted by Gasteiger charge is 2.32. The van der Waals surface area contributed by atoms with Crippen molar-refractivity contribution >= 4 is 18.0 Å². The van der Waals surface area contributed by atoms with E-state index in [2.05, 4.69) is 10.6 Å². The Bertz CT molecular complexity index is 732. The van der Waals surface area contributed by atoms with Crippen LogP contribution in [-0.4, -0.2) is 37.2 Å². The number of ether oxygens (including phenoxy) is 2. The van der Waals surface area contributed by atoms with Crippen molar-refractivity contribution in [1.29, 1.82) is 0 Å². The number of hydrogen-bond acceptors (Lipinski definition) is 5. The van der Waals surface area contributed by atoms with Crippen molar-refractivity contribution in [3.05, 3.63) is 46.9 Å². The van der Waals surface area contributed by atoms with E-state index in [0.717, 1.165) is 0 Å². The largest absolute Gasteiger partial charge is 0.463 e. The van der Waals surface area contributed by atoms with Crippen LogP contribution in [0.2, 0.25) is 0 Å². The summed E-state index contributed by atoms with van der Waals surface area (Å²) >= 11 is 0. The third-order valence-electron chi connectivity index (χ3n) is 3.82. The van der Waals surface area contributed by atoms with Crippen molar-refractivity contribution in [3.63, 3.8) is 0 Å². The van der Waals surface area contributed by atoms with Gasteiger partial charge in [-0.25, -0.2) is 14.0 Å². The summed E-state index contributed by atoms with van der Waals surface area (Å²) < 4.78 is 23.7. The van der Waals surface area contributed by atoms with Gasteiger partial charge in [-0.3, -0.25) is 4.79 Å². The maximum Gasteiger partial charge on any atom is 0.338 e. The predicted octanol–water partition coefficient (Wildman–Crippen LogP) is 1.82. The van der Waals surface area contributed by atoms with Gasteiger partial charge in [0.25, 0.3) is 0 Å². The molecule has 2 N–H and O–H groups in total. The first-order valence-electron chi connectivity index (χ1n) is 8.32. The van der Waals surface area contributed by atoms with Gasteiger partial charge in [0.1, 0.15) is 12.4 Å². The van der Waals surface area contributed by atoms with Crippen LogP contribution < -0.4 is 10.6 Å². The molecule has 0 spiro atoms. The molecular weight excluding hydrogens is 343 g/mol. The fourth-order valence-electron chi connectivity index (χ4n) is 2.58. The van der Waals surface area contributed by atoms with Crippen molar-refractivity contribution in [2.24, 2.45) is 0 Å². The van der Waals surface area contributed by atoms with Gasteiger partial charge in [-0.05, 0) is 25.0 Å².